The minimum Gasteiger partial charge on any atom is -0.469 e. The Morgan fingerprint density at radius 2 is 1.77 bits per heavy atom. The molecule has 6 nitrogen and oxygen atoms in total. The van der Waals surface area contributed by atoms with Gasteiger partial charge in [0.1, 0.15) is 5.76 Å². The summed E-state index contributed by atoms with van der Waals surface area (Å²) in [5, 5.41) is 2.86. The van der Waals surface area contributed by atoms with E-state index in [1.807, 2.05) is 12.1 Å². The molecular weight excluding hydrogens is 400 g/mol. The number of benzene rings is 2. The van der Waals surface area contributed by atoms with Crippen LogP contribution in [0.3, 0.4) is 0 Å². The number of anilines is 1. The van der Waals surface area contributed by atoms with Gasteiger partial charge in [-0.15, -0.1) is 6.58 Å². The van der Waals surface area contributed by atoms with E-state index in [1.165, 1.54) is 10.4 Å². The van der Waals surface area contributed by atoms with Crippen molar-refractivity contribution >= 4 is 21.6 Å². The number of hydrogen-bond donors (Lipinski definition) is 1. The maximum absolute atomic E-state index is 13.0. The number of carbonyl (C=O) groups is 1. The SMILES string of the molecule is C=CCN(c1ccc(C(=O)NCCCc2ccco2)cc1)S(=O)(=O)c1ccccc1. The van der Waals surface area contributed by atoms with Crippen LogP contribution in [0.25, 0.3) is 0 Å². The highest BCUT2D eigenvalue weighted by atomic mass is 32.2. The first-order chi connectivity index (χ1) is 14.5. The van der Waals surface area contributed by atoms with E-state index in [9.17, 15) is 13.2 Å². The number of carbonyl (C=O) groups excluding carboxylic acids is 1. The number of nitrogens with one attached hydrogen (secondary N) is 1. The minimum atomic E-state index is -3.74. The summed E-state index contributed by atoms with van der Waals surface area (Å²) < 4.78 is 32.5. The third-order valence-corrected chi connectivity index (χ3v) is 6.32. The number of aryl methyl sites for hydroxylation is 1. The molecule has 1 N–H and O–H groups in total. The van der Waals surface area contributed by atoms with Gasteiger partial charge in [0, 0.05) is 18.5 Å². The average Bonchev–Trinajstić information content (AvgIpc) is 3.29. The highest BCUT2D eigenvalue weighted by Crippen LogP contribution is 2.24. The minimum absolute atomic E-state index is 0.121. The summed E-state index contributed by atoms with van der Waals surface area (Å²) in [6.45, 7) is 4.30. The van der Waals surface area contributed by atoms with Crippen LogP contribution in [0.5, 0.6) is 0 Å². The van der Waals surface area contributed by atoms with Crippen LogP contribution in [0.2, 0.25) is 0 Å². The molecule has 1 amide bonds. The molecule has 0 unspecified atom stereocenters. The molecule has 1 aromatic heterocycles. The number of amides is 1. The Morgan fingerprint density at radius 1 is 1.03 bits per heavy atom. The van der Waals surface area contributed by atoms with Gasteiger partial charge in [-0.3, -0.25) is 9.10 Å². The number of nitrogens with zero attached hydrogens (tertiary/aromatic N) is 1. The van der Waals surface area contributed by atoms with Crippen LogP contribution in [0.4, 0.5) is 5.69 Å². The van der Waals surface area contributed by atoms with E-state index in [0.717, 1.165) is 18.6 Å². The lowest BCUT2D eigenvalue weighted by Crippen LogP contribution is -2.31. The van der Waals surface area contributed by atoms with Crippen LogP contribution < -0.4 is 9.62 Å². The number of rotatable bonds is 10. The molecular formula is C23H24N2O4S. The first-order valence-corrected chi connectivity index (χ1v) is 11.1. The van der Waals surface area contributed by atoms with E-state index in [2.05, 4.69) is 11.9 Å². The largest absolute Gasteiger partial charge is 0.469 e. The van der Waals surface area contributed by atoms with Crippen molar-refractivity contribution in [2.45, 2.75) is 17.7 Å². The van der Waals surface area contributed by atoms with Crippen molar-refractivity contribution in [1.82, 2.24) is 5.32 Å². The van der Waals surface area contributed by atoms with Crippen molar-refractivity contribution in [3.05, 3.63) is 97.0 Å². The lowest BCUT2D eigenvalue weighted by molar-refractivity contribution is 0.0953. The van der Waals surface area contributed by atoms with E-state index in [1.54, 1.807) is 60.9 Å². The van der Waals surface area contributed by atoms with Gasteiger partial charge in [-0.1, -0.05) is 24.3 Å². The van der Waals surface area contributed by atoms with Gasteiger partial charge in [-0.2, -0.15) is 0 Å². The van der Waals surface area contributed by atoms with Gasteiger partial charge in [-0.05, 0) is 55.0 Å². The molecule has 7 heteroatoms. The molecule has 0 bridgehead atoms. The molecule has 2 aromatic carbocycles. The Kier molecular flexibility index (Phi) is 7.08. The van der Waals surface area contributed by atoms with Crippen LogP contribution >= 0.6 is 0 Å². The van der Waals surface area contributed by atoms with Crippen molar-refractivity contribution in [2.24, 2.45) is 0 Å². The molecule has 0 atom stereocenters. The smallest absolute Gasteiger partial charge is 0.264 e. The summed E-state index contributed by atoms with van der Waals surface area (Å²) in [7, 11) is -3.74. The lowest BCUT2D eigenvalue weighted by atomic mass is 10.2. The normalized spacial score (nSPS) is 11.1. The summed E-state index contributed by atoms with van der Waals surface area (Å²) in [5.74, 6) is 0.678. The van der Waals surface area contributed by atoms with E-state index in [0.29, 0.717) is 17.8 Å². The summed E-state index contributed by atoms with van der Waals surface area (Å²) in [5.41, 5.74) is 0.931. The summed E-state index contributed by atoms with van der Waals surface area (Å²) >= 11 is 0. The highest BCUT2D eigenvalue weighted by molar-refractivity contribution is 7.92. The fraction of sp³-hybridized carbons (Fsp3) is 0.174. The molecule has 0 fully saturated rings. The fourth-order valence-electron chi connectivity index (χ4n) is 2.98. The zero-order valence-electron chi connectivity index (χ0n) is 16.5. The van der Waals surface area contributed by atoms with Crippen LogP contribution in [0, 0.1) is 0 Å². The third-order valence-electron chi connectivity index (χ3n) is 4.51. The third kappa shape index (κ3) is 5.18. The molecule has 3 rings (SSSR count). The topological polar surface area (TPSA) is 79.6 Å². The maximum Gasteiger partial charge on any atom is 0.264 e. The van der Waals surface area contributed by atoms with Crippen LogP contribution in [-0.2, 0) is 16.4 Å². The van der Waals surface area contributed by atoms with Gasteiger partial charge in [0.05, 0.1) is 23.4 Å². The lowest BCUT2D eigenvalue weighted by Gasteiger charge is -2.23. The van der Waals surface area contributed by atoms with Gasteiger partial charge in [0.15, 0.2) is 0 Å². The summed E-state index contributed by atoms with van der Waals surface area (Å²) in [6, 6.07) is 18.5. The van der Waals surface area contributed by atoms with E-state index < -0.39 is 10.0 Å². The standard InChI is InChI=1S/C23H24N2O4S/c1-2-17-25(30(27,28)22-10-4-3-5-11-22)20-14-12-19(13-15-20)23(26)24-16-6-8-21-9-7-18-29-21/h2-5,7,9-15,18H,1,6,8,16-17H2,(H,24,26). The Morgan fingerprint density at radius 3 is 2.40 bits per heavy atom. The van der Waals surface area contributed by atoms with Gasteiger partial charge in [0.25, 0.3) is 15.9 Å². The van der Waals surface area contributed by atoms with Crippen LogP contribution in [0.15, 0.2) is 95.0 Å². The number of sulfonamides is 1. The summed E-state index contributed by atoms with van der Waals surface area (Å²) in [4.78, 5) is 12.5. The van der Waals surface area contributed by atoms with Crippen molar-refractivity contribution in [3.8, 4) is 0 Å². The molecule has 0 saturated carbocycles. The monoisotopic (exact) mass is 424 g/mol. The fourth-order valence-corrected chi connectivity index (χ4v) is 4.44. The van der Waals surface area contributed by atoms with Gasteiger partial charge < -0.3 is 9.73 Å². The molecule has 156 valence electrons. The van der Waals surface area contributed by atoms with Gasteiger partial charge in [0.2, 0.25) is 0 Å². The molecule has 0 aliphatic carbocycles. The average molecular weight is 425 g/mol. The molecule has 0 spiro atoms. The Hall–Kier alpha value is -3.32. The van der Waals surface area contributed by atoms with Crippen molar-refractivity contribution < 1.29 is 17.6 Å². The quantitative estimate of drug-likeness (QED) is 0.394. The predicted molar refractivity (Wildman–Crippen MR) is 117 cm³/mol. The molecule has 30 heavy (non-hydrogen) atoms. The second kappa shape index (κ2) is 9.93. The second-order valence-corrected chi connectivity index (χ2v) is 8.49. The zero-order chi connectivity index (χ0) is 21.4. The van der Waals surface area contributed by atoms with Crippen molar-refractivity contribution in [2.75, 3.05) is 17.4 Å². The first kappa shape index (κ1) is 21.4. The van der Waals surface area contributed by atoms with Gasteiger partial charge in [-0.25, -0.2) is 8.42 Å². The Labute approximate surface area is 176 Å². The first-order valence-electron chi connectivity index (χ1n) is 9.61. The number of hydrogen-bond acceptors (Lipinski definition) is 4. The maximum atomic E-state index is 13.0. The Bertz CT molecular complexity index is 1060. The second-order valence-electron chi connectivity index (χ2n) is 6.62. The molecule has 0 radical (unpaired) electrons. The van der Waals surface area contributed by atoms with Crippen molar-refractivity contribution in [1.29, 1.82) is 0 Å². The van der Waals surface area contributed by atoms with E-state index >= 15 is 0 Å². The Balaban J connectivity index is 1.66. The van der Waals surface area contributed by atoms with E-state index in [-0.39, 0.29) is 17.3 Å². The zero-order valence-corrected chi connectivity index (χ0v) is 17.3. The van der Waals surface area contributed by atoms with Gasteiger partial charge >= 0.3 is 0 Å². The van der Waals surface area contributed by atoms with Crippen LogP contribution in [0.1, 0.15) is 22.5 Å². The van der Waals surface area contributed by atoms with Crippen LogP contribution in [-0.4, -0.2) is 27.4 Å². The number of furan rings is 1. The van der Waals surface area contributed by atoms with E-state index in [4.69, 9.17) is 4.42 Å². The molecule has 0 saturated heterocycles. The molecule has 0 aliphatic rings. The molecule has 1 heterocycles. The summed E-state index contributed by atoms with van der Waals surface area (Å²) in [6.07, 6.45) is 4.67. The molecule has 3 aromatic rings. The molecule has 0 aliphatic heterocycles. The highest BCUT2D eigenvalue weighted by Gasteiger charge is 2.23. The predicted octanol–water partition coefficient (Wildman–Crippen LogP) is 4.02. The van der Waals surface area contributed by atoms with Crippen molar-refractivity contribution in [3.63, 3.8) is 0 Å².